The normalized spacial score (nSPS) is 14.7. The predicted molar refractivity (Wildman–Crippen MR) is 71.7 cm³/mol. The molecule has 1 N–H and O–H groups in total. The molecule has 0 radical (unpaired) electrons. The van der Waals surface area contributed by atoms with Gasteiger partial charge in [-0.15, -0.1) is 0 Å². The second-order valence-corrected chi connectivity index (χ2v) is 4.77. The van der Waals surface area contributed by atoms with Gasteiger partial charge in [0.05, 0.1) is 12.2 Å². The number of likely N-dealkylation sites (tertiary alicyclic amines) is 1. The average molecular weight is 290 g/mol. The van der Waals surface area contributed by atoms with Gasteiger partial charge in [0, 0.05) is 31.0 Å². The van der Waals surface area contributed by atoms with Gasteiger partial charge in [-0.3, -0.25) is 9.78 Å². The summed E-state index contributed by atoms with van der Waals surface area (Å²) in [7, 11) is 0. The predicted octanol–water partition coefficient (Wildman–Crippen LogP) is 1.69. The second-order valence-electron chi connectivity index (χ2n) is 4.77. The molecule has 0 saturated carbocycles. The summed E-state index contributed by atoms with van der Waals surface area (Å²) < 4.78 is 26.0. The van der Waals surface area contributed by atoms with Gasteiger partial charge in [-0.05, 0) is 18.2 Å². The van der Waals surface area contributed by atoms with E-state index in [9.17, 15) is 13.6 Å². The molecule has 0 unspecified atom stereocenters. The molecule has 3 rings (SSSR count). The number of hydrogen-bond donors (Lipinski definition) is 1. The van der Waals surface area contributed by atoms with Crippen molar-refractivity contribution >= 4 is 11.7 Å². The molecule has 1 aromatic heterocycles. The Hall–Kier alpha value is -2.57. The van der Waals surface area contributed by atoms with Gasteiger partial charge < -0.3 is 10.2 Å². The van der Waals surface area contributed by atoms with E-state index in [4.69, 9.17) is 0 Å². The number of aromatic nitrogens is 2. The lowest BCUT2D eigenvalue weighted by molar-refractivity contribution is 0.0624. The Morgan fingerprint density at radius 2 is 2.05 bits per heavy atom. The van der Waals surface area contributed by atoms with Gasteiger partial charge >= 0.3 is 0 Å². The van der Waals surface area contributed by atoms with Crippen molar-refractivity contribution in [3.8, 4) is 0 Å². The van der Waals surface area contributed by atoms with E-state index in [1.54, 1.807) is 23.5 Å². The van der Waals surface area contributed by atoms with E-state index in [1.807, 2.05) is 0 Å². The highest BCUT2D eigenvalue weighted by molar-refractivity contribution is 5.94. The highest BCUT2D eigenvalue weighted by Crippen LogP contribution is 2.17. The third-order valence-corrected chi connectivity index (χ3v) is 3.25. The van der Waals surface area contributed by atoms with Crippen molar-refractivity contribution in [2.24, 2.45) is 0 Å². The van der Waals surface area contributed by atoms with Crippen LogP contribution in [0.2, 0.25) is 0 Å². The zero-order chi connectivity index (χ0) is 14.8. The van der Waals surface area contributed by atoms with E-state index in [1.165, 1.54) is 6.07 Å². The third-order valence-electron chi connectivity index (χ3n) is 3.25. The molecular formula is C14H12F2N4O. The number of carbonyl (C=O) groups is 1. The molecule has 0 atom stereocenters. The van der Waals surface area contributed by atoms with Crippen LogP contribution < -0.4 is 5.32 Å². The van der Waals surface area contributed by atoms with Gasteiger partial charge in [-0.1, -0.05) is 0 Å². The molecule has 1 fully saturated rings. The molecule has 0 bridgehead atoms. The van der Waals surface area contributed by atoms with Crippen LogP contribution in [0.15, 0.2) is 36.8 Å². The minimum atomic E-state index is -1.02. The van der Waals surface area contributed by atoms with Crippen LogP contribution in [0.1, 0.15) is 10.4 Å². The first kappa shape index (κ1) is 13.4. The maximum atomic E-state index is 13.1. The van der Waals surface area contributed by atoms with Gasteiger partial charge in [-0.25, -0.2) is 13.8 Å². The van der Waals surface area contributed by atoms with Gasteiger partial charge in [0.1, 0.15) is 5.82 Å². The van der Waals surface area contributed by atoms with Crippen molar-refractivity contribution in [1.29, 1.82) is 0 Å². The molecule has 2 heterocycles. The Kier molecular flexibility index (Phi) is 3.47. The molecule has 0 aliphatic carbocycles. The fourth-order valence-corrected chi connectivity index (χ4v) is 2.13. The van der Waals surface area contributed by atoms with E-state index in [0.29, 0.717) is 18.9 Å². The summed E-state index contributed by atoms with van der Waals surface area (Å²) in [5, 5.41) is 3.13. The van der Waals surface area contributed by atoms with Crippen LogP contribution in [-0.2, 0) is 0 Å². The fraction of sp³-hybridized carbons (Fsp3) is 0.214. The van der Waals surface area contributed by atoms with E-state index < -0.39 is 11.6 Å². The molecule has 21 heavy (non-hydrogen) atoms. The summed E-state index contributed by atoms with van der Waals surface area (Å²) in [6.45, 7) is 0.961. The molecule has 5 nitrogen and oxygen atoms in total. The second kappa shape index (κ2) is 5.43. The molecular weight excluding hydrogens is 278 g/mol. The smallest absolute Gasteiger partial charge is 0.254 e. The fourth-order valence-electron chi connectivity index (χ4n) is 2.13. The van der Waals surface area contributed by atoms with Crippen LogP contribution in [0, 0.1) is 11.6 Å². The van der Waals surface area contributed by atoms with Crippen molar-refractivity contribution in [3.63, 3.8) is 0 Å². The summed E-state index contributed by atoms with van der Waals surface area (Å²) in [6.07, 6.45) is 4.75. The summed E-state index contributed by atoms with van der Waals surface area (Å²) in [5.74, 6) is -1.65. The van der Waals surface area contributed by atoms with Crippen LogP contribution in [-0.4, -0.2) is 39.9 Å². The molecule has 1 aromatic carbocycles. The zero-order valence-corrected chi connectivity index (χ0v) is 11.0. The molecule has 1 aliphatic heterocycles. The first-order chi connectivity index (χ1) is 10.1. The van der Waals surface area contributed by atoms with Gasteiger partial charge in [0.15, 0.2) is 11.6 Å². The Balaban J connectivity index is 1.58. The molecule has 1 aliphatic rings. The van der Waals surface area contributed by atoms with Crippen molar-refractivity contribution in [3.05, 3.63) is 54.0 Å². The Morgan fingerprint density at radius 1 is 1.24 bits per heavy atom. The molecule has 108 valence electrons. The number of nitrogens with one attached hydrogen (secondary N) is 1. The largest absolute Gasteiger partial charge is 0.362 e. The summed E-state index contributed by atoms with van der Waals surface area (Å²) >= 11 is 0. The van der Waals surface area contributed by atoms with E-state index in [0.717, 1.165) is 12.1 Å². The van der Waals surface area contributed by atoms with Crippen LogP contribution in [0.5, 0.6) is 0 Å². The number of rotatable bonds is 3. The monoisotopic (exact) mass is 290 g/mol. The van der Waals surface area contributed by atoms with Gasteiger partial charge in [-0.2, -0.15) is 0 Å². The number of halogens is 2. The van der Waals surface area contributed by atoms with E-state index in [2.05, 4.69) is 15.3 Å². The van der Waals surface area contributed by atoms with Crippen LogP contribution in [0.4, 0.5) is 14.6 Å². The quantitative estimate of drug-likeness (QED) is 0.934. The highest BCUT2D eigenvalue weighted by atomic mass is 19.2. The van der Waals surface area contributed by atoms with Crippen molar-refractivity contribution in [2.75, 3.05) is 18.4 Å². The SMILES string of the molecule is O=C(c1ccc(F)c(F)c1)N1CC(Nc2cnccn2)C1. The maximum Gasteiger partial charge on any atom is 0.254 e. The minimum Gasteiger partial charge on any atom is -0.362 e. The number of nitrogens with zero attached hydrogens (tertiary/aromatic N) is 3. The number of carbonyl (C=O) groups excluding carboxylic acids is 1. The summed E-state index contributed by atoms with van der Waals surface area (Å²) in [6, 6.07) is 3.24. The number of hydrogen-bond acceptors (Lipinski definition) is 4. The molecule has 1 saturated heterocycles. The van der Waals surface area contributed by atoms with Crippen molar-refractivity contribution < 1.29 is 13.6 Å². The van der Waals surface area contributed by atoms with Crippen LogP contribution >= 0.6 is 0 Å². The molecule has 2 aromatic rings. The van der Waals surface area contributed by atoms with E-state index in [-0.39, 0.29) is 17.5 Å². The zero-order valence-electron chi connectivity index (χ0n) is 11.0. The Labute approximate surface area is 119 Å². The van der Waals surface area contributed by atoms with Gasteiger partial charge in [0.25, 0.3) is 5.91 Å². The lowest BCUT2D eigenvalue weighted by Gasteiger charge is -2.39. The van der Waals surface area contributed by atoms with Gasteiger partial charge in [0.2, 0.25) is 0 Å². The number of amides is 1. The number of benzene rings is 1. The Bertz CT molecular complexity index is 659. The van der Waals surface area contributed by atoms with Crippen LogP contribution in [0.25, 0.3) is 0 Å². The molecule has 1 amide bonds. The first-order valence-electron chi connectivity index (χ1n) is 6.40. The maximum absolute atomic E-state index is 13.1. The van der Waals surface area contributed by atoms with Crippen molar-refractivity contribution in [1.82, 2.24) is 14.9 Å². The molecule has 7 heteroatoms. The standard InChI is InChI=1S/C14H12F2N4O/c15-11-2-1-9(5-12(11)16)14(21)20-7-10(8-20)19-13-6-17-3-4-18-13/h1-6,10H,7-8H2,(H,18,19). The average Bonchev–Trinajstić information content (AvgIpc) is 2.46. The van der Waals surface area contributed by atoms with Crippen molar-refractivity contribution in [2.45, 2.75) is 6.04 Å². The summed E-state index contributed by atoms with van der Waals surface area (Å²) in [4.78, 5) is 21.6. The summed E-state index contributed by atoms with van der Waals surface area (Å²) in [5.41, 5.74) is 0.145. The Morgan fingerprint density at radius 3 is 2.71 bits per heavy atom. The highest BCUT2D eigenvalue weighted by Gasteiger charge is 2.31. The molecule has 0 spiro atoms. The first-order valence-corrected chi connectivity index (χ1v) is 6.40. The van der Waals surface area contributed by atoms with E-state index >= 15 is 0 Å². The van der Waals surface area contributed by atoms with Crippen LogP contribution in [0.3, 0.4) is 0 Å². The third kappa shape index (κ3) is 2.81. The number of anilines is 1. The minimum absolute atomic E-state index is 0.0796. The lowest BCUT2D eigenvalue weighted by Crippen LogP contribution is -2.57. The lowest BCUT2D eigenvalue weighted by atomic mass is 10.1. The topological polar surface area (TPSA) is 58.1 Å².